The molecular formula is C27H27Cl2FN2O4. The molecule has 4 rings (SSSR count). The van der Waals surface area contributed by atoms with E-state index in [-0.39, 0.29) is 21.9 Å². The largest absolute Gasteiger partial charge is 0.481 e. The summed E-state index contributed by atoms with van der Waals surface area (Å²) in [6.45, 7) is 6.04. The van der Waals surface area contributed by atoms with Crippen LogP contribution in [0.5, 0.6) is 5.75 Å². The number of hydrogen-bond acceptors (Lipinski definition) is 4. The molecule has 6 nitrogen and oxygen atoms in total. The fourth-order valence-electron chi connectivity index (χ4n) is 4.67. The van der Waals surface area contributed by atoms with E-state index in [1.807, 2.05) is 0 Å². The van der Waals surface area contributed by atoms with Crippen molar-refractivity contribution in [3.63, 3.8) is 0 Å². The van der Waals surface area contributed by atoms with Crippen LogP contribution in [0.1, 0.15) is 33.6 Å². The van der Waals surface area contributed by atoms with E-state index >= 15 is 0 Å². The minimum Gasteiger partial charge on any atom is -0.481 e. The molecule has 190 valence electrons. The van der Waals surface area contributed by atoms with Crippen LogP contribution in [0.25, 0.3) is 22.0 Å². The molecule has 1 amide bonds. The number of benzene rings is 2. The average Bonchev–Trinajstić information content (AvgIpc) is 2.83. The predicted molar refractivity (Wildman–Crippen MR) is 138 cm³/mol. The first kappa shape index (κ1) is 26.2. The molecule has 0 bridgehead atoms. The maximum Gasteiger partial charge on any atom is 0.309 e. The van der Waals surface area contributed by atoms with Crippen LogP contribution in [-0.4, -0.2) is 46.1 Å². The minimum atomic E-state index is -0.916. The van der Waals surface area contributed by atoms with Crippen molar-refractivity contribution in [2.75, 3.05) is 13.1 Å². The van der Waals surface area contributed by atoms with E-state index in [0.717, 1.165) is 18.2 Å². The second kappa shape index (κ2) is 10.2. The van der Waals surface area contributed by atoms with Crippen LogP contribution in [0.2, 0.25) is 10.0 Å². The fraction of sp³-hybridized carbons (Fsp3) is 0.370. The first-order valence-corrected chi connectivity index (χ1v) is 12.5. The Morgan fingerprint density at radius 3 is 2.56 bits per heavy atom. The Kier molecular flexibility index (Phi) is 7.43. The first-order valence-electron chi connectivity index (χ1n) is 11.7. The second-order valence-corrected chi connectivity index (χ2v) is 10.5. The zero-order valence-corrected chi connectivity index (χ0v) is 21.7. The van der Waals surface area contributed by atoms with E-state index in [9.17, 15) is 19.1 Å². The van der Waals surface area contributed by atoms with Gasteiger partial charge in [-0.05, 0) is 75.4 Å². The summed E-state index contributed by atoms with van der Waals surface area (Å²) in [7, 11) is 0. The van der Waals surface area contributed by atoms with Crippen molar-refractivity contribution >= 4 is 46.0 Å². The van der Waals surface area contributed by atoms with E-state index in [0.29, 0.717) is 35.5 Å². The summed E-state index contributed by atoms with van der Waals surface area (Å²) in [6, 6.07) is 9.43. The van der Waals surface area contributed by atoms with Crippen molar-refractivity contribution < 1.29 is 23.8 Å². The number of nitrogens with zero attached hydrogens (tertiary/aromatic N) is 2. The molecule has 1 N–H and O–H groups in total. The third-order valence-electron chi connectivity index (χ3n) is 6.96. The number of rotatable bonds is 6. The van der Waals surface area contributed by atoms with Crippen molar-refractivity contribution in [3.8, 4) is 16.9 Å². The molecule has 2 unspecified atom stereocenters. The molecule has 2 heterocycles. The number of aliphatic carboxylic acids is 1. The number of piperidine rings is 1. The van der Waals surface area contributed by atoms with Crippen molar-refractivity contribution in [3.05, 3.63) is 58.5 Å². The second-order valence-electron chi connectivity index (χ2n) is 9.69. The molecule has 1 fully saturated rings. The van der Waals surface area contributed by atoms with Gasteiger partial charge < -0.3 is 14.7 Å². The lowest BCUT2D eigenvalue weighted by molar-refractivity contribution is -0.154. The molecule has 2 aromatic carbocycles. The highest BCUT2D eigenvalue weighted by molar-refractivity contribution is 6.39. The number of ether oxygens (including phenoxy) is 1. The van der Waals surface area contributed by atoms with Gasteiger partial charge in [0.25, 0.3) is 5.91 Å². The fourth-order valence-corrected chi connectivity index (χ4v) is 5.34. The Hall–Kier alpha value is -2.90. The number of fused-ring (bicyclic) bond motifs is 1. The number of hydrogen-bond donors (Lipinski definition) is 1. The molecule has 0 spiro atoms. The third kappa shape index (κ3) is 5.13. The summed E-state index contributed by atoms with van der Waals surface area (Å²) in [5, 5.41) is 10.7. The number of carboxylic acids is 1. The summed E-state index contributed by atoms with van der Waals surface area (Å²) in [5.41, 5.74) is 0.892. The lowest BCUT2D eigenvalue weighted by Crippen LogP contribution is -2.50. The van der Waals surface area contributed by atoms with Gasteiger partial charge in [-0.25, -0.2) is 4.39 Å². The number of amides is 1. The SMILES string of the molecule is CC(Oc1ccc2c(-c3c(Cl)cc(F)cc3Cl)ccnc2c1)C(=O)N1CCCC(C(C)(C)C(=O)O)C1. The lowest BCUT2D eigenvalue weighted by atomic mass is 9.74. The molecule has 36 heavy (non-hydrogen) atoms. The summed E-state index contributed by atoms with van der Waals surface area (Å²) >= 11 is 12.6. The van der Waals surface area contributed by atoms with E-state index in [2.05, 4.69) is 4.98 Å². The molecule has 0 saturated carbocycles. The van der Waals surface area contributed by atoms with Crippen LogP contribution in [0.4, 0.5) is 4.39 Å². The Morgan fingerprint density at radius 2 is 1.89 bits per heavy atom. The molecular weight excluding hydrogens is 506 g/mol. The highest BCUT2D eigenvalue weighted by Crippen LogP contribution is 2.39. The van der Waals surface area contributed by atoms with Gasteiger partial charge in [-0.15, -0.1) is 0 Å². The van der Waals surface area contributed by atoms with Crippen LogP contribution in [0.3, 0.4) is 0 Å². The number of carbonyl (C=O) groups is 2. The van der Waals surface area contributed by atoms with Gasteiger partial charge in [0.1, 0.15) is 11.6 Å². The number of pyridine rings is 1. The highest BCUT2D eigenvalue weighted by atomic mass is 35.5. The maximum atomic E-state index is 13.7. The van der Waals surface area contributed by atoms with Gasteiger partial charge in [-0.3, -0.25) is 14.6 Å². The Balaban J connectivity index is 1.54. The van der Waals surface area contributed by atoms with Crippen LogP contribution < -0.4 is 4.74 Å². The lowest BCUT2D eigenvalue weighted by Gasteiger charge is -2.40. The van der Waals surface area contributed by atoms with Gasteiger partial charge in [-0.2, -0.15) is 0 Å². The van der Waals surface area contributed by atoms with Gasteiger partial charge in [0.2, 0.25) is 0 Å². The first-order chi connectivity index (χ1) is 17.0. The molecule has 1 aliphatic heterocycles. The molecule has 3 aromatic rings. The van der Waals surface area contributed by atoms with Gasteiger partial charge in [-0.1, -0.05) is 23.2 Å². The zero-order valence-electron chi connectivity index (χ0n) is 20.2. The standard InChI is InChI=1S/C27H27Cl2FN2O4/c1-15(25(33)32-10-4-5-16(14-32)27(2,3)26(34)35)36-18-6-7-19-20(8-9-31-23(19)13-18)24-21(28)11-17(30)12-22(24)29/h6-9,11-13,15-16H,4-5,10,14H2,1-3H3,(H,34,35). The number of halogens is 3. The van der Waals surface area contributed by atoms with E-state index in [4.69, 9.17) is 27.9 Å². The van der Waals surface area contributed by atoms with Gasteiger partial charge in [0.05, 0.1) is 21.0 Å². The smallest absolute Gasteiger partial charge is 0.309 e. The van der Waals surface area contributed by atoms with E-state index in [1.54, 1.807) is 56.1 Å². The Bertz CT molecular complexity index is 1310. The van der Waals surface area contributed by atoms with Crippen molar-refractivity contribution in [2.24, 2.45) is 11.3 Å². The Morgan fingerprint density at radius 1 is 1.19 bits per heavy atom. The molecule has 9 heteroatoms. The van der Waals surface area contributed by atoms with Crippen LogP contribution in [0.15, 0.2) is 42.6 Å². The van der Waals surface area contributed by atoms with Gasteiger partial charge >= 0.3 is 5.97 Å². The molecule has 0 aliphatic carbocycles. The molecule has 2 atom stereocenters. The maximum absolute atomic E-state index is 13.7. The number of carbonyl (C=O) groups excluding carboxylic acids is 1. The average molecular weight is 533 g/mol. The van der Waals surface area contributed by atoms with Gasteiger partial charge in [0.15, 0.2) is 6.10 Å². The minimum absolute atomic E-state index is 0.131. The van der Waals surface area contributed by atoms with E-state index < -0.39 is 23.3 Å². The zero-order chi connectivity index (χ0) is 26.2. The van der Waals surface area contributed by atoms with Crippen molar-refractivity contribution in [2.45, 2.75) is 39.7 Å². The van der Waals surface area contributed by atoms with Crippen LogP contribution in [-0.2, 0) is 9.59 Å². The third-order valence-corrected chi connectivity index (χ3v) is 7.55. The van der Waals surface area contributed by atoms with E-state index in [1.165, 1.54) is 12.1 Å². The summed E-state index contributed by atoms with van der Waals surface area (Å²) in [6.07, 6.45) is 2.35. The quantitative estimate of drug-likeness (QED) is 0.393. The number of aromatic nitrogens is 1. The number of likely N-dealkylation sites (tertiary alicyclic amines) is 1. The van der Waals surface area contributed by atoms with Crippen molar-refractivity contribution in [1.82, 2.24) is 9.88 Å². The topological polar surface area (TPSA) is 79.7 Å². The van der Waals surface area contributed by atoms with Crippen LogP contribution >= 0.6 is 23.2 Å². The molecule has 1 aromatic heterocycles. The molecule has 1 saturated heterocycles. The normalized spacial score (nSPS) is 17.2. The predicted octanol–water partition coefficient (Wildman–Crippen LogP) is 6.46. The monoisotopic (exact) mass is 532 g/mol. The summed E-state index contributed by atoms with van der Waals surface area (Å²) < 4.78 is 19.6. The van der Waals surface area contributed by atoms with Crippen LogP contribution in [0, 0.1) is 17.2 Å². The molecule has 0 radical (unpaired) electrons. The van der Waals surface area contributed by atoms with Gasteiger partial charge in [0, 0.05) is 36.3 Å². The summed E-state index contributed by atoms with van der Waals surface area (Å²) in [5.74, 6) is -1.24. The summed E-state index contributed by atoms with van der Waals surface area (Å²) in [4.78, 5) is 30.9. The Labute approximate surface area is 219 Å². The molecule has 1 aliphatic rings. The number of carboxylic acid groups (broad SMARTS) is 1. The highest BCUT2D eigenvalue weighted by Gasteiger charge is 2.40. The van der Waals surface area contributed by atoms with Crippen molar-refractivity contribution in [1.29, 1.82) is 0 Å².